The zero-order chi connectivity index (χ0) is 31.9. The van der Waals surface area contributed by atoms with Crippen molar-refractivity contribution < 1.29 is 22.6 Å². The Kier molecular flexibility index (Phi) is 8.54. The molecule has 0 saturated carbocycles. The monoisotopic (exact) mass is 649 g/mol. The van der Waals surface area contributed by atoms with Gasteiger partial charge in [0.25, 0.3) is 0 Å². The maximum atomic E-state index is 17.1. The number of nitriles is 1. The largest absolute Gasteiger partial charge is 0.462 e. The van der Waals surface area contributed by atoms with Crippen molar-refractivity contribution in [2.24, 2.45) is 10.9 Å². The van der Waals surface area contributed by atoms with Crippen molar-refractivity contribution >= 4 is 48.9 Å². The normalized spacial score (nSPS) is 21.2. The molecule has 4 aromatic rings. The second-order valence-electron chi connectivity index (χ2n) is 12.2. The molecule has 2 unspecified atom stereocenters. The van der Waals surface area contributed by atoms with Crippen LogP contribution >= 0.6 is 11.3 Å². The summed E-state index contributed by atoms with van der Waals surface area (Å²) < 4.78 is 57.4. The molecule has 0 radical (unpaired) electrons. The molecule has 2 aromatic carbocycles. The summed E-state index contributed by atoms with van der Waals surface area (Å²) in [6.07, 6.45) is 3.50. The third-order valence-corrected chi connectivity index (χ3v) is 10.3. The van der Waals surface area contributed by atoms with Crippen LogP contribution in [0.2, 0.25) is 0 Å². The molecule has 3 aliphatic rings. The van der Waals surface area contributed by atoms with Crippen molar-refractivity contribution in [3.8, 4) is 23.2 Å². The number of rotatable bonds is 7. The number of likely N-dealkylation sites (tertiary alicyclic amines) is 1. The molecule has 0 spiro atoms. The standard InChI is InChI=1S/C33H34F3N7O2S/c1-17-4-5-18(13-39-12-17)40-32-27-23-16-44-15-22(23)25(20-6-7-24(35)30-26(20)21(11-37)31(38)46-30)28(36)29(27)41-33(42-32)45-14-19-3-2-9-43(19)10-8-34/h6-7,17,19,39H,2-5,8-10,12-16,38H2,1H3. The van der Waals surface area contributed by atoms with Crippen molar-refractivity contribution in [3.05, 3.63) is 40.5 Å². The summed E-state index contributed by atoms with van der Waals surface area (Å²) in [7, 11) is 0. The van der Waals surface area contributed by atoms with Crippen LogP contribution in [-0.4, -0.2) is 66.1 Å². The van der Waals surface area contributed by atoms with E-state index in [1.807, 2.05) is 4.90 Å². The van der Waals surface area contributed by atoms with Gasteiger partial charge < -0.3 is 20.5 Å². The molecule has 13 heteroatoms. The number of aliphatic imine (C=N–C) groups is 1. The van der Waals surface area contributed by atoms with Crippen molar-refractivity contribution in [2.45, 2.75) is 51.9 Å². The molecule has 2 aromatic heterocycles. The summed E-state index contributed by atoms with van der Waals surface area (Å²) in [5.74, 6) is -0.418. The van der Waals surface area contributed by atoms with E-state index in [0.29, 0.717) is 46.9 Å². The minimum absolute atomic E-state index is 0.00442. The second kappa shape index (κ2) is 12.8. The van der Waals surface area contributed by atoms with Gasteiger partial charge in [-0.05, 0) is 67.4 Å². The topological polar surface area (TPSA) is 122 Å². The minimum Gasteiger partial charge on any atom is -0.462 e. The summed E-state index contributed by atoms with van der Waals surface area (Å²) >= 11 is 0.960. The van der Waals surface area contributed by atoms with Crippen molar-refractivity contribution in [1.82, 2.24) is 20.2 Å². The van der Waals surface area contributed by atoms with Crippen LogP contribution in [-0.2, 0) is 18.0 Å². The van der Waals surface area contributed by atoms with Crippen LogP contribution in [0.25, 0.3) is 32.1 Å². The lowest BCUT2D eigenvalue weighted by Gasteiger charge is -2.23. The highest BCUT2D eigenvalue weighted by Crippen LogP contribution is 2.47. The molecule has 2 atom stereocenters. The minimum atomic E-state index is -0.665. The number of nitrogens with two attached hydrogens (primary N) is 1. The maximum absolute atomic E-state index is 17.1. The molecule has 7 rings (SSSR count). The smallest absolute Gasteiger partial charge is 0.319 e. The molecule has 3 N–H and O–H groups in total. The van der Waals surface area contributed by atoms with E-state index in [9.17, 15) is 14.0 Å². The van der Waals surface area contributed by atoms with Crippen LogP contribution in [0.3, 0.4) is 0 Å². The number of alkyl halides is 1. The van der Waals surface area contributed by atoms with Gasteiger partial charge in [0, 0.05) is 35.8 Å². The summed E-state index contributed by atoms with van der Waals surface area (Å²) in [5.41, 5.74) is 8.90. The molecule has 3 aliphatic heterocycles. The Labute approximate surface area is 268 Å². The fraction of sp³-hybridized carbons (Fsp3) is 0.455. The van der Waals surface area contributed by atoms with Gasteiger partial charge in [-0.25, -0.2) is 18.2 Å². The molecular formula is C33H34F3N7O2S. The van der Waals surface area contributed by atoms with Crippen LogP contribution in [0.4, 0.5) is 24.0 Å². The number of fused-ring (bicyclic) bond motifs is 4. The Morgan fingerprint density at radius 2 is 2.07 bits per heavy atom. The van der Waals surface area contributed by atoms with Crippen molar-refractivity contribution in [2.75, 3.05) is 45.2 Å². The Balaban J connectivity index is 1.43. The van der Waals surface area contributed by atoms with Gasteiger partial charge in [-0.2, -0.15) is 15.2 Å². The van der Waals surface area contributed by atoms with Gasteiger partial charge in [0.05, 0.1) is 28.9 Å². The summed E-state index contributed by atoms with van der Waals surface area (Å²) in [6, 6.07) is 4.78. The Hall–Kier alpha value is -3.83. The summed E-state index contributed by atoms with van der Waals surface area (Å²) in [4.78, 5) is 16.3. The predicted molar refractivity (Wildman–Crippen MR) is 172 cm³/mol. The number of ether oxygens (including phenoxy) is 2. The van der Waals surface area contributed by atoms with Gasteiger partial charge in [0.15, 0.2) is 11.6 Å². The molecule has 0 aliphatic carbocycles. The van der Waals surface area contributed by atoms with E-state index < -0.39 is 18.3 Å². The Morgan fingerprint density at radius 1 is 1.22 bits per heavy atom. The van der Waals surface area contributed by atoms with Gasteiger partial charge in [-0.3, -0.25) is 4.90 Å². The van der Waals surface area contributed by atoms with E-state index >= 15 is 4.39 Å². The average molecular weight is 650 g/mol. The number of thiophene rings is 1. The van der Waals surface area contributed by atoms with Crippen molar-refractivity contribution in [3.63, 3.8) is 0 Å². The number of benzene rings is 2. The van der Waals surface area contributed by atoms with E-state index in [4.69, 9.17) is 25.2 Å². The molecule has 0 amide bonds. The SMILES string of the molecule is CC1CCC(=Nc2nc(OCC3CCCN3CCF)nc3c(F)c(-c4ccc(F)c5sc(N)c(C#N)c45)c4c(c23)COC4)CNC1. The fourth-order valence-corrected chi connectivity index (χ4v) is 7.85. The Bertz CT molecular complexity index is 1910. The number of halogens is 3. The van der Waals surface area contributed by atoms with Crippen LogP contribution in [0, 0.1) is 28.9 Å². The van der Waals surface area contributed by atoms with Gasteiger partial charge in [-0.15, -0.1) is 11.3 Å². The van der Waals surface area contributed by atoms with Crippen LogP contribution in [0.15, 0.2) is 17.1 Å². The highest BCUT2D eigenvalue weighted by molar-refractivity contribution is 7.23. The Morgan fingerprint density at radius 3 is 2.89 bits per heavy atom. The zero-order valence-corrected chi connectivity index (χ0v) is 26.3. The van der Waals surface area contributed by atoms with E-state index in [-0.39, 0.29) is 63.6 Å². The predicted octanol–water partition coefficient (Wildman–Crippen LogP) is 6.18. The lowest BCUT2D eigenvalue weighted by Crippen LogP contribution is -2.35. The number of hydrogen-bond acceptors (Lipinski definition) is 10. The number of nitrogens with zero attached hydrogens (tertiary/aromatic N) is 5. The highest BCUT2D eigenvalue weighted by Gasteiger charge is 2.32. The number of nitrogen functional groups attached to an aromatic ring is 1. The third kappa shape index (κ3) is 5.47. The number of nitrogens with one attached hydrogen (secondary N) is 1. The zero-order valence-electron chi connectivity index (χ0n) is 25.5. The first-order valence-corrected chi connectivity index (χ1v) is 16.4. The lowest BCUT2D eigenvalue weighted by atomic mass is 9.90. The first kappa shape index (κ1) is 30.8. The highest BCUT2D eigenvalue weighted by atomic mass is 32.1. The molecule has 46 heavy (non-hydrogen) atoms. The van der Waals surface area contributed by atoms with Gasteiger partial charge >= 0.3 is 6.01 Å². The molecule has 5 heterocycles. The molecule has 2 fully saturated rings. The maximum Gasteiger partial charge on any atom is 0.319 e. The first-order valence-electron chi connectivity index (χ1n) is 15.6. The van der Waals surface area contributed by atoms with E-state index in [1.165, 1.54) is 12.1 Å². The fourth-order valence-electron chi connectivity index (χ4n) is 6.90. The van der Waals surface area contributed by atoms with Crippen LogP contribution < -0.4 is 15.8 Å². The van der Waals surface area contributed by atoms with Gasteiger partial charge in [0.1, 0.15) is 35.7 Å². The molecule has 0 bridgehead atoms. The number of anilines is 1. The molecule has 2 saturated heterocycles. The second-order valence-corrected chi connectivity index (χ2v) is 13.3. The van der Waals surface area contributed by atoms with E-state index in [1.54, 1.807) is 0 Å². The summed E-state index contributed by atoms with van der Waals surface area (Å²) in [6.45, 7) is 4.81. The number of hydrogen-bond donors (Lipinski definition) is 2. The molecule has 240 valence electrons. The summed E-state index contributed by atoms with van der Waals surface area (Å²) in [5, 5.41) is 14.2. The van der Waals surface area contributed by atoms with Crippen LogP contribution in [0.5, 0.6) is 6.01 Å². The molecular weight excluding hydrogens is 615 g/mol. The first-order chi connectivity index (χ1) is 22.4. The molecule has 9 nitrogen and oxygen atoms in total. The third-order valence-electron chi connectivity index (χ3n) is 9.24. The lowest BCUT2D eigenvalue weighted by molar-refractivity contribution is 0.135. The van der Waals surface area contributed by atoms with Gasteiger partial charge in [-0.1, -0.05) is 13.0 Å². The van der Waals surface area contributed by atoms with Crippen LogP contribution in [0.1, 0.15) is 49.3 Å². The van der Waals surface area contributed by atoms with E-state index in [0.717, 1.165) is 55.8 Å². The quantitative estimate of drug-likeness (QED) is 0.244. The van der Waals surface area contributed by atoms with Gasteiger partial charge in [0.2, 0.25) is 0 Å². The number of aromatic nitrogens is 2. The van der Waals surface area contributed by atoms with Crippen molar-refractivity contribution in [1.29, 1.82) is 5.26 Å². The van der Waals surface area contributed by atoms with E-state index in [2.05, 4.69) is 23.3 Å². The average Bonchev–Trinajstić information content (AvgIpc) is 3.75.